The first-order chi connectivity index (χ1) is 13.5. The normalized spacial score (nSPS) is 14.5. The Labute approximate surface area is 162 Å². The number of rotatable bonds is 4. The van der Waals surface area contributed by atoms with Crippen molar-refractivity contribution in [3.63, 3.8) is 0 Å². The Morgan fingerprint density at radius 1 is 1.14 bits per heavy atom. The highest BCUT2D eigenvalue weighted by atomic mass is 19.1. The summed E-state index contributed by atoms with van der Waals surface area (Å²) >= 11 is 0. The zero-order chi connectivity index (χ0) is 19.7. The molecule has 0 amide bonds. The molecule has 0 bridgehead atoms. The maximum absolute atomic E-state index is 13.3. The number of hydrogen-bond donors (Lipinski definition) is 1. The van der Waals surface area contributed by atoms with Crippen LogP contribution < -0.4 is 15.8 Å². The molecule has 0 aliphatic carbocycles. The maximum Gasteiger partial charge on any atom is 0.260 e. The van der Waals surface area contributed by atoms with Gasteiger partial charge in [-0.25, -0.2) is 9.37 Å². The fourth-order valence-corrected chi connectivity index (χ4v) is 3.56. The second-order valence-electron chi connectivity index (χ2n) is 7.06. The van der Waals surface area contributed by atoms with Gasteiger partial charge in [0.15, 0.2) is 0 Å². The summed E-state index contributed by atoms with van der Waals surface area (Å²) in [5, 5.41) is 3.33. The Kier molecular flexibility index (Phi) is 5.00. The Hall–Kier alpha value is -2.93. The van der Waals surface area contributed by atoms with Crippen LogP contribution >= 0.6 is 0 Å². The molecule has 1 aliphatic heterocycles. The van der Waals surface area contributed by atoms with E-state index in [2.05, 4.69) is 10.2 Å². The predicted molar refractivity (Wildman–Crippen MR) is 108 cm³/mol. The van der Waals surface area contributed by atoms with Crippen molar-refractivity contribution in [1.82, 2.24) is 9.38 Å². The van der Waals surface area contributed by atoms with Crippen molar-refractivity contribution < 1.29 is 9.13 Å². The van der Waals surface area contributed by atoms with Gasteiger partial charge in [0.2, 0.25) is 0 Å². The molecule has 3 heterocycles. The summed E-state index contributed by atoms with van der Waals surface area (Å²) < 4.78 is 20.3. The monoisotopic (exact) mass is 382 g/mol. The highest BCUT2D eigenvalue weighted by Crippen LogP contribution is 2.18. The molecule has 1 aliphatic rings. The first kappa shape index (κ1) is 18.4. The third-order valence-corrected chi connectivity index (χ3v) is 5.00. The van der Waals surface area contributed by atoms with Gasteiger partial charge in [0.05, 0.1) is 13.2 Å². The lowest BCUT2D eigenvalue weighted by Crippen LogP contribution is -2.37. The topological polar surface area (TPSA) is 58.9 Å². The zero-order valence-electron chi connectivity index (χ0n) is 16.0. The first-order valence-electron chi connectivity index (χ1n) is 9.37. The van der Waals surface area contributed by atoms with Gasteiger partial charge in [0.25, 0.3) is 5.56 Å². The molecular weight excluding hydrogens is 359 g/mol. The molecule has 1 N–H and O–H groups in total. The van der Waals surface area contributed by atoms with E-state index in [9.17, 15) is 9.18 Å². The summed E-state index contributed by atoms with van der Waals surface area (Å²) in [5.41, 5.74) is 4.11. The number of benzene rings is 1. The van der Waals surface area contributed by atoms with Crippen LogP contribution in [0, 0.1) is 19.7 Å². The maximum atomic E-state index is 13.3. The summed E-state index contributed by atoms with van der Waals surface area (Å²) in [7, 11) is 0. The summed E-state index contributed by atoms with van der Waals surface area (Å²) in [4.78, 5) is 19.4. The van der Waals surface area contributed by atoms with Gasteiger partial charge in [-0.15, -0.1) is 0 Å². The molecule has 0 radical (unpaired) electrons. The third-order valence-electron chi connectivity index (χ3n) is 5.00. The number of anilines is 2. The van der Waals surface area contributed by atoms with Crippen LogP contribution in [0.5, 0.6) is 0 Å². The highest BCUT2D eigenvalue weighted by molar-refractivity contribution is 5.54. The minimum absolute atomic E-state index is 0.0853. The minimum Gasteiger partial charge on any atom is -0.381 e. The summed E-state index contributed by atoms with van der Waals surface area (Å²) in [5.74, 6) is 0.441. The number of halogens is 1. The minimum atomic E-state index is -0.246. The Morgan fingerprint density at radius 2 is 1.93 bits per heavy atom. The first-order valence-corrected chi connectivity index (χ1v) is 9.37. The number of pyridine rings is 1. The van der Waals surface area contributed by atoms with Crippen molar-refractivity contribution >= 4 is 17.2 Å². The molecule has 6 nitrogen and oxygen atoms in total. The molecular formula is C21H23FN4O2. The average molecular weight is 382 g/mol. The number of nitrogens with one attached hydrogen (secondary N) is 1. The quantitative estimate of drug-likeness (QED) is 0.752. The molecule has 3 aromatic rings. The fourth-order valence-electron chi connectivity index (χ4n) is 3.56. The average Bonchev–Trinajstić information content (AvgIpc) is 2.67. The molecule has 146 valence electrons. The lowest BCUT2D eigenvalue weighted by Gasteiger charge is -2.27. The van der Waals surface area contributed by atoms with Crippen LogP contribution in [0.4, 0.5) is 15.9 Å². The number of hydrogen-bond acceptors (Lipinski definition) is 5. The number of ether oxygens (including phenoxy) is 1. The lowest BCUT2D eigenvalue weighted by atomic mass is 10.1. The van der Waals surface area contributed by atoms with Crippen LogP contribution in [-0.2, 0) is 11.3 Å². The van der Waals surface area contributed by atoms with Gasteiger partial charge in [-0.2, -0.15) is 0 Å². The van der Waals surface area contributed by atoms with Gasteiger partial charge in [0, 0.05) is 37.1 Å². The van der Waals surface area contributed by atoms with E-state index < -0.39 is 0 Å². The predicted octanol–water partition coefficient (Wildman–Crippen LogP) is 2.90. The number of aromatic nitrogens is 2. The molecule has 0 saturated carbocycles. The molecule has 0 spiro atoms. The van der Waals surface area contributed by atoms with Crippen LogP contribution in [-0.4, -0.2) is 35.7 Å². The molecule has 1 saturated heterocycles. The Bertz CT molecular complexity index is 1070. The van der Waals surface area contributed by atoms with Gasteiger partial charge >= 0.3 is 0 Å². The van der Waals surface area contributed by atoms with Crippen LogP contribution in [0.3, 0.4) is 0 Å². The molecule has 0 unspecified atom stereocenters. The number of nitrogens with zero attached hydrogens (tertiary/aromatic N) is 3. The van der Waals surface area contributed by atoms with E-state index in [1.54, 1.807) is 16.5 Å². The van der Waals surface area contributed by atoms with E-state index in [0.717, 1.165) is 35.6 Å². The molecule has 1 aromatic carbocycles. The van der Waals surface area contributed by atoms with Crippen LogP contribution in [0.1, 0.15) is 16.8 Å². The van der Waals surface area contributed by atoms with Crippen LogP contribution in [0.15, 0.2) is 41.2 Å². The Balaban J connectivity index is 1.65. The van der Waals surface area contributed by atoms with E-state index in [1.807, 2.05) is 26.0 Å². The largest absolute Gasteiger partial charge is 0.381 e. The van der Waals surface area contributed by atoms with Crippen molar-refractivity contribution in [3.8, 4) is 0 Å². The van der Waals surface area contributed by atoms with E-state index in [1.165, 1.54) is 12.1 Å². The van der Waals surface area contributed by atoms with Crippen molar-refractivity contribution in [2.75, 3.05) is 36.5 Å². The van der Waals surface area contributed by atoms with Gasteiger partial charge in [0.1, 0.15) is 17.3 Å². The third kappa shape index (κ3) is 3.71. The van der Waals surface area contributed by atoms with E-state index >= 15 is 0 Å². The van der Waals surface area contributed by atoms with Gasteiger partial charge in [-0.05, 0) is 55.3 Å². The SMILES string of the molecule is Cc1cc(F)ccc1NCc1cc(C)n2c(=O)cc(N3CCOCC3)nc2c1. The molecule has 2 aromatic heterocycles. The highest BCUT2D eigenvalue weighted by Gasteiger charge is 2.15. The summed E-state index contributed by atoms with van der Waals surface area (Å²) in [6.07, 6.45) is 0. The lowest BCUT2D eigenvalue weighted by molar-refractivity contribution is 0.122. The fraction of sp³-hybridized carbons (Fsp3) is 0.333. The van der Waals surface area contributed by atoms with E-state index in [-0.39, 0.29) is 11.4 Å². The summed E-state index contributed by atoms with van der Waals surface area (Å²) in [6.45, 7) is 7.06. The summed E-state index contributed by atoms with van der Waals surface area (Å²) in [6, 6.07) is 10.2. The van der Waals surface area contributed by atoms with Crippen molar-refractivity contribution in [3.05, 3.63) is 69.4 Å². The standard InChI is InChI=1S/C21H23FN4O2/c1-14-9-17(22)3-4-18(14)23-13-16-10-15(2)26-20(11-16)24-19(12-21(26)27)25-5-7-28-8-6-25/h3-4,9-12,23H,5-8,13H2,1-2H3. The smallest absolute Gasteiger partial charge is 0.260 e. The van der Waals surface area contributed by atoms with Crippen molar-refractivity contribution in [1.29, 1.82) is 0 Å². The molecule has 1 fully saturated rings. The Morgan fingerprint density at radius 3 is 2.68 bits per heavy atom. The van der Waals surface area contributed by atoms with Gasteiger partial charge in [-0.1, -0.05) is 0 Å². The molecule has 4 rings (SSSR count). The number of fused-ring (bicyclic) bond motifs is 1. The molecule has 28 heavy (non-hydrogen) atoms. The number of aryl methyl sites for hydroxylation is 2. The van der Waals surface area contributed by atoms with Gasteiger partial charge in [-0.3, -0.25) is 9.20 Å². The van der Waals surface area contributed by atoms with Crippen molar-refractivity contribution in [2.24, 2.45) is 0 Å². The number of morpholine rings is 1. The van der Waals surface area contributed by atoms with Crippen LogP contribution in [0.25, 0.3) is 5.65 Å². The molecule has 0 atom stereocenters. The van der Waals surface area contributed by atoms with Crippen LogP contribution in [0.2, 0.25) is 0 Å². The zero-order valence-corrected chi connectivity index (χ0v) is 16.0. The van der Waals surface area contributed by atoms with E-state index in [0.29, 0.717) is 31.2 Å². The van der Waals surface area contributed by atoms with E-state index in [4.69, 9.17) is 9.72 Å². The van der Waals surface area contributed by atoms with Gasteiger partial charge < -0.3 is 15.0 Å². The second kappa shape index (κ2) is 7.59. The molecule has 7 heteroatoms. The second-order valence-corrected chi connectivity index (χ2v) is 7.06. The van der Waals surface area contributed by atoms with Crippen molar-refractivity contribution in [2.45, 2.75) is 20.4 Å².